The molecule has 4 aliphatic rings. The number of carbonyl (C=O) groups is 1. The zero-order valence-corrected chi connectivity index (χ0v) is 17.4. The lowest BCUT2D eigenvalue weighted by atomic mass is 9.43. The first kappa shape index (κ1) is 19.3. The average Bonchev–Trinajstić information content (AvgIpc) is 2.71. The van der Waals surface area contributed by atoms with E-state index in [1.54, 1.807) is 12.1 Å². The Hall–Kier alpha value is -2.69. The maximum absolute atomic E-state index is 12.8. The van der Waals surface area contributed by atoms with Gasteiger partial charge in [0.15, 0.2) is 0 Å². The number of amides is 1. The summed E-state index contributed by atoms with van der Waals surface area (Å²) in [5.41, 5.74) is 3.47. The quantitative estimate of drug-likeness (QED) is 0.552. The van der Waals surface area contributed by atoms with Gasteiger partial charge < -0.3 is 5.32 Å². The highest BCUT2D eigenvalue weighted by Gasteiger charge is 2.58. The van der Waals surface area contributed by atoms with Gasteiger partial charge in [0, 0.05) is 24.2 Å². The monoisotopic (exact) mass is 404 g/mol. The van der Waals surface area contributed by atoms with Crippen molar-refractivity contribution in [1.29, 1.82) is 0 Å². The van der Waals surface area contributed by atoms with Crippen LogP contribution in [0.1, 0.15) is 60.0 Å². The normalized spacial score (nSPS) is 31.5. The van der Waals surface area contributed by atoms with Crippen LogP contribution in [0.3, 0.4) is 0 Å². The lowest BCUT2D eigenvalue weighted by Crippen LogP contribution is -2.57. The van der Waals surface area contributed by atoms with Gasteiger partial charge in [0.2, 0.25) is 0 Å². The Kier molecular flexibility index (Phi) is 4.46. The van der Waals surface area contributed by atoms with E-state index in [1.165, 1.54) is 55.4 Å². The number of hydrogen-bond acceptors (Lipinski definition) is 3. The molecule has 4 fully saturated rings. The van der Waals surface area contributed by atoms with Crippen LogP contribution in [0.4, 0.5) is 5.69 Å². The van der Waals surface area contributed by atoms with Crippen LogP contribution in [0, 0.1) is 34.3 Å². The number of nitrogens with zero attached hydrogens (tertiary/aromatic N) is 1. The molecule has 0 aromatic heterocycles. The highest BCUT2D eigenvalue weighted by molar-refractivity contribution is 5.94. The number of hydrogen-bond donors (Lipinski definition) is 1. The highest BCUT2D eigenvalue weighted by atomic mass is 16.6. The molecule has 4 aliphatic carbocycles. The molecule has 0 radical (unpaired) electrons. The van der Waals surface area contributed by atoms with Crippen molar-refractivity contribution in [2.24, 2.45) is 17.3 Å². The van der Waals surface area contributed by atoms with Crippen molar-refractivity contribution < 1.29 is 9.72 Å². The third kappa shape index (κ3) is 3.30. The molecule has 1 amide bonds. The van der Waals surface area contributed by atoms with Gasteiger partial charge in [-0.1, -0.05) is 35.9 Å². The van der Waals surface area contributed by atoms with Crippen LogP contribution in [0.5, 0.6) is 0 Å². The Morgan fingerprint density at radius 1 is 1.10 bits per heavy atom. The molecule has 0 spiro atoms. The molecule has 30 heavy (non-hydrogen) atoms. The smallest absolute Gasteiger partial charge is 0.270 e. The fraction of sp³-hybridized carbons (Fsp3) is 0.480. The minimum absolute atomic E-state index is 0.0456. The van der Waals surface area contributed by atoms with E-state index < -0.39 is 4.92 Å². The first-order valence-corrected chi connectivity index (χ1v) is 11.0. The maximum atomic E-state index is 12.8. The van der Waals surface area contributed by atoms with E-state index in [-0.39, 0.29) is 22.4 Å². The van der Waals surface area contributed by atoms with Gasteiger partial charge in [-0.2, -0.15) is 0 Å². The van der Waals surface area contributed by atoms with Crippen LogP contribution in [0.25, 0.3) is 0 Å². The number of nitro groups is 1. The summed E-state index contributed by atoms with van der Waals surface area (Å²) in [6, 6.07) is 15.1. The lowest BCUT2D eigenvalue weighted by Gasteiger charge is -2.62. The molecule has 4 saturated carbocycles. The first-order valence-electron chi connectivity index (χ1n) is 11.0. The number of non-ortho nitro benzene ring substituents is 1. The molecular weight excluding hydrogens is 376 g/mol. The molecule has 0 aliphatic heterocycles. The van der Waals surface area contributed by atoms with Gasteiger partial charge in [-0.05, 0) is 79.7 Å². The SMILES string of the molecule is Cc1ccc(C23CC4CC(CC(CNC(=O)c5cccc([N+](=O)[O-])c5)(C4)C2)C3)cc1. The zero-order valence-electron chi connectivity index (χ0n) is 17.4. The minimum Gasteiger partial charge on any atom is -0.351 e. The fourth-order valence-corrected chi connectivity index (χ4v) is 7.03. The Balaban J connectivity index is 1.36. The van der Waals surface area contributed by atoms with Crippen LogP contribution >= 0.6 is 0 Å². The van der Waals surface area contributed by atoms with Gasteiger partial charge in [-0.3, -0.25) is 14.9 Å². The Morgan fingerprint density at radius 2 is 1.80 bits per heavy atom. The van der Waals surface area contributed by atoms with Gasteiger partial charge in [-0.15, -0.1) is 0 Å². The van der Waals surface area contributed by atoms with E-state index >= 15 is 0 Å². The number of benzene rings is 2. The molecule has 0 saturated heterocycles. The summed E-state index contributed by atoms with van der Waals surface area (Å²) in [5.74, 6) is 1.27. The van der Waals surface area contributed by atoms with E-state index in [4.69, 9.17) is 0 Å². The molecule has 4 bridgehead atoms. The second kappa shape index (κ2) is 6.93. The Morgan fingerprint density at radius 3 is 2.47 bits per heavy atom. The van der Waals surface area contributed by atoms with E-state index in [1.807, 2.05) is 0 Å². The summed E-state index contributed by atoms with van der Waals surface area (Å²) >= 11 is 0. The second-order valence-corrected chi connectivity index (χ2v) is 10.1. The van der Waals surface area contributed by atoms with Crippen LogP contribution in [0.2, 0.25) is 0 Å². The van der Waals surface area contributed by atoms with Gasteiger partial charge in [0.1, 0.15) is 0 Å². The summed E-state index contributed by atoms with van der Waals surface area (Å²) in [7, 11) is 0. The lowest BCUT2D eigenvalue weighted by molar-refractivity contribution is -0.384. The summed E-state index contributed by atoms with van der Waals surface area (Å²) in [6.07, 6.45) is 7.37. The van der Waals surface area contributed by atoms with Crippen LogP contribution < -0.4 is 5.32 Å². The Labute approximate surface area is 177 Å². The van der Waals surface area contributed by atoms with Crippen LogP contribution in [-0.2, 0) is 5.41 Å². The van der Waals surface area contributed by atoms with E-state index in [2.05, 4.69) is 36.5 Å². The average molecular weight is 405 g/mol. The Bertz CT molecular complexity index is 984. The predicted octanol–water partition coefficient (Wildman–Crippen LogP) is 5.17. The molecule has 156 valence electrons. The topological polar surface area (TPSA) is 72.2 Å². The van der Waals surface area contributed by atoms with Crippen molar-refractivity contribution in [2.75, 3.05) is 6.54 Å². The molecule has 6 rings (SSSR count). The third-order valence-corrected chi connectivity index (χ3v) is 7.79. The van der Waals surface area contributed by atoms with Gasteiger partial charge in [-0.25, -0.2) is 0 Å². The molecule has 5 nitrogen and oxygen atoms in total. The van der Waals surface area contributed by atoms with E-state index in [9.17, 15) is 14.9 Å². The second-order valence-electron chi connectivity index (χ2n) is 10.1. The van der Waals surface area contributed by atoms with Gasteiger partial charge in [0.25, 0.3) is 11.6 Å². The van der Waals surface area contributed by atoms with Crippen molar-refractivity contribution in [3.05, 3.63) is 75.3 Å². The molecule has 2 aromatic carbocycles. The predicted molar refractivity (Wildman–Crippen MR) is 115 cm³/mol. The molecule has 1 N–H and O–H groups in total. The minimum atomic E-state index is -0.457. The maximum Gasteiger partial charge on any atom is 0.270 e. The number of rotatable bonds is 5. The first-order chi connectivity index (χ1) is 14.4. The van der Waals surface area contributed by atoms with Crippen molar-refractivity contribution in [1.82, 2.24) is 5.32 Å². The van der Waals surface area contributed by atoms with Gasteiger partial charge in [0.05, 0.1) is 4.92 Å². The third-order valence-electron chi connectivity index (χ3n) is 7.79. The number of nitro benzene ring substituents is 1. The van der Waals surface area contributed by atoms with Crippen LogP contribution in [-0.4, -0.2) is 17.4 Å². The van der Waals surface area contributed by atoms with Crippen molar-refractivity contribution in [3.8, 4) is 0 Å². The highest BCUT2D eigenvalue weighted by Crippen LogP contribution is 2.65. The summed E-state index contributed by atoms with van der Waals surface area (Å²) in [4.78, 5) is 23.3. The molecule has 5 heteroatoms. The van der Waals surface area contributed by atoms with Crippen LogP contribution in [0.15, 0.2) is 48.5 Å². The van der Waals surface area contributed by atoms with Gasteiger partial charge >= 0.3 is 0 Å². The number of carbonyl (C=O) groups excluding carboxylic acids is 1. The summed E-state index contributed by atoms with van der Waals surface area (Å²) < 4.78 is 0. The number of nitrogens with one attached hydrogen (secondary N) is 1. The van der Waals surface area contributed by atoms with E-state index in [0.29, 0.717) is 12.1 Å². The van der Waals surface area contributed by atoms with Crippen molar-refractivity contribution in [3.63, 3.8) is 0 Å². The molecule has 2 atom stereocenters. The largest absolute Gasteiger partial charge is 0.351 e. The summed E-state index contributed by atoms with van der Waals surface area (Å²) in [6.45, 7) is 2.80. The molecular formula is C25H28N2O3. The summed E-state index contributed by atoms with van der Waals surface area (Å²) in [5, 5.41) is 14.2. The van der Waals surface area contributed by atoms with Crippen molar-refractivity contribution >= 4 is 11.6 Å². The van der Waals surface area contributed by atoms with E-state index in [0.717, 1.165) is 18.3 Å². The fourth-order valence-electron chi connectivity index (χ4n) is 7.03. The molecule has 0 heterocycles. The van der Waals surface area contributed by atoms with Crippen molar-refractivity contribution in [2.45, 2.75) is 50.9 Å². The number of aryl methyl sites for hydroxylation is 1. The molecule has 2 unspecified atom stereocenters. The standard InChI is InChI=1S/C25H28N2O3/c1-17-5-7-21(8-6-17)25-13-18-9-19(14-25)12-24(11-18,15-25)16-26-23(28)20-3-2-4-22(10-20)27(29)30/h2-8,10,18-19H,9,11-16H2,1H3,(H,26,28). The molecule has 2 aromatic rings. The zero-order chi connectivity index (χ0) is 20.9.